The van der Waals surface area contributed by atoms with Crippen LogP contribution in [0.4, 0.5) is 0 Å². The Morgan fingerprint density at radius 1 is 0.636 bits per heavy atom. The van der Waals surface area contributed by atoms with Gasteiger partial charge in [0.05, 0.1) is 13.2 Å². The number of nitrogens with one attached hydrogen (secondary N) is 2. The summed E-state index contributed by atoms with van der Waals surface area (Å²) in [6, 6.07) is 17.1. The van der Waals surface area contributed by atoms with Crippen LogP contribution in [0.1, 0.15) is 23.6 Å². The van der Waals surface area contributed by atoms with Gasteiger partial charge in [-0.15, -0.1) is 0 Å². The van der Waals surface area contributed by atoms with E-state index in [4.69, 9.17) is 9.47 Å². The Morgan fingerprint density at radius 3 is 1.36 bits per heavy atom. The van der Waals surface area contributed by atoms with Crippen molar-refractivity contribution >= 4 is 0 Å². The molecule has 0 amide bonds. The van der Waals surface area contributed by atoms with Crippen molar-refractivity contribution in [1.29, 1.82) is 0 Å². The summed E-state index contributed by atoms with van der Waals surface area (Å²) in [5.41, 5.74) is 4.80. The Bertz CT molecular complexity index is 555. The molecule has 2 atom stereocenters. The Kier molecular flexibility index (Phi) is 3.91. The van der Waals surface area contributed by atoms with Crippen LogP contribution in [0.15, 0.2) is 48.5 Å². The maximum atomic E-state index is 5.63. The summed E-state index contributed by atoms with van der Waals surface area (Å²) in [6.45, 7) is 3.41. The summed E-state index contributed by atoms with van der Waals surface area (Å²) < 4.78 is 11.3. The molecule has 2 unspecified atom stereocenters. The van der Waals surface area contributed by atoms with Gasteiger partial charge in [0.2, 0.25) is 0 Å². The summed E-state index contributed by atoms with van der Waals surface area (Å²) in [6.07, 6.45) is 0.0871. The lowest BCUT2D eigenvalue weighted by Crippen LogP contribution is -2.13. The summed E-state index contributed by atoms with van der Waals surface area (Å²) in [5.74, 6) is 0. The average Bonchev–Trinajstić information content (AvgIpc) is 3.29. The van der Waals surface area contributed by atoms with E-state index in [0.717, 1.165) is 26.3 Å². The van der Waals surface area contributed by atoms with Gasteiger partial charge in [-0.2, -0.15) is 0 Å². The molecule has 0 radical (unpaired) electrons. The first-order valence-electron chi connectivity index (χ1n) is 7.80. The fourth-order valence-corrected chi connectivity index (χ4v) is 2.98. The highest BCUT2D eigenvalue weighted by Gasteiger charge is 2.17. The van der Waals surface area contributed by atoms with E-state index in [9.17, 15) is 0 Å². The average molecular weight is 296 g/mol. The number of rotatable bonds is 3. The molecule has 2 aromatic rings. The molecule has 4 heteroatoms. The van der Waals surface area contributed by atoms with Crippen molar-refractivity contribution in [2.45, 2.75) is 12.5 Å². The van der Waals surface area contributed by atoms with Gasteiger partial charge in [-0.1, -0.05) is 48.5 Å². The van der Waals surface area contributed by atoms with E-state index in [1.807, 2.05) is 0 Å². The quantitative estimate of drug-likeness (QED) is 0.913. The number of hydrogen-bond acceptors (Lipinski definition) is 4. The molecular weight excluding hydrogens is 276 g/mol. The monoisotopic (exact) mass is 296 g/mol. The summed E-state index contributed by atoms with van der Waals surface area (Å²) in [4.78, 5) is 0. The van der Waals surface area contributed by atoms with Crippen LogP contribution in [0.3, 0.4) is 0 Å². The largest absolute Gasteiger partial charge is 0.358 e. The third kappa shape index (κ3) is 2.78. The molecular formula is C18H20N2O2. The second kappa shape index (κ2) is 6.18. The molecule has 0 aromatic heterocycles. The lowest BCUT2D eigenvalue weighted by Gasteiger charge is -2.12. The minimum atomic E-state index is 0.0435. The van der Waals surface area contributed by atoms with Crippen molar-refractivity contribution in [1.82, 2.24) is 10.6 Å². The maximum absolute atomic E-state index is 5.63. The van der Waals surface area contributed by atoms with Crippen LogP contribution in [0.5, 0.6) is 0 Å². The van der Waals surface area contributed by atoms with E-state index in [1.54, 1.807) is 0 Å². The Morgan fingerprint density at radius 2 is 1.05 bits per heavy atom. The lowest BCUT2D eigenvalue weighted by molar-refractivity contribution is 0.102. The van der Waals surface area contributed by atoms with Gasteiger partial charge >= 0.3 is 0 Å². The number of benzene rings is 2. The van der Waals surface area contributed by atoms with Crippen molar-refractivity contribution in [2.75, 3.05) is 26.3 Å². The van der Waals surface area contributed by atoms with Crippen molar-refractivity contribution in [3.8, 4) is 11.1 Å². The van der Waals surface area contributed by atoms with Gasteiger partial charge in [0.25, 0.3) is 0 Å². The maximum Gasteiger partial charge on any atom is 0.134 e. The highest BCUT2D eigenvalue weighted by Crippen LogP contribution is 2.26. The van der Waals surface area contributed by atoms with Gasteiger partial charge < -0.3 is 9.47 Å². The van der Waals surface area contributed by atoms with Crippen LogP contribution in [0.2, 0.25) is 0 Å². The molecule has 4 nitrogen and oxygen atoms in total. The van der Waals surface area contributed by atoms with E-state index in [1.165, 1.54) is 22.3 Å². The van der Waals surface area contributed by atoms with E-state index < -0.39 is 0 Å². The van der Waals surface area contributed by atoms with Crippen molar-refractivity contribution in [2.24, 2.45) is 0 Å². The predicted molar refractivity (Wildman–Crippen MR) is 85.3 cm³/mol. The molecule has 0 aliphatic carbocycles. The summed E-state index contributed by atoms with van der Waals surface area (Å²) >= 11 is 0. The number of ether oxygens (including phenoxy) is 2. The van der Waals surface area contributed by atoms with Crippen LogP contribution in [0.25, 0.3) is 11.1 Å². The molecule has 4 rings (SSSR count). The Balaban J connectivity index is 1.51. The molecule has 114 valence electrons. The van der Waals surface area contributed by atoms with E-state index in [0.29, 0.717) is 0 Å². The molecule has 2 aliphatic rings. The fourth-order valence-electron chi connectivity index (χ4n) is 2.98. The van der Waals surface area contributed by atoms with Crippen molar-refractivity contribution in [3.63, 3.8) is 0 Å². The molecule has 0 saturated carbocycles. The summed E-state index contributed by atoms with van der Waals surface area (Å²) in [7, 11) is 0. The molecule has 2 fully saturated rings. The van der Waals surface area contributed by atoms with Gasteiger partial charge in [-0.05, 0) is 22.3 Å². The molecule has 2 heterocycles. The minimum absolute atomic E-state index is 0.0435. The molecule has 0 spiro atoms. The molecule has 0 bridgehead atoms. The molecule has 2 aromatic carbocycles. The zero-order valence-electron chi connectivity index (χ0n) is 12.4. The molecule has 2 saturated heterocycles. The van der Waals surface area contributed by atoms with Gasteiger partial charge in [0.1, 0.15) is 12.5 Å². The van der Waals surface area contributed by atoms with Crippen LogP contribution >= 0.6 is 0 Å². The lowest BCUT2D eigenvalue weighted by atomic mass is 10.0. The standard InChI is InChI=1S/C18H20N2O2/c1-5-15(17-19-9-11-21-17)6-2-13(1)14-3-7-16(8-4-14)18-20-10-12-22-18/h1-8,17-20H,9-12H2. The zero-order chi connectivity index (χ0) is 14.8. The zero-order valence-corrected chi connectivity index (χ0v) is 12.4. The fraction of sp³-hybridized carbons (Fsp3) is 0.333. The minimum Gasteiger partial charge on any atom is -0.358 e. The first kappa shape index (κ1) is 13.9. The normalized spacial score (nSPS) is 24.7. The van der Waals surface area contributed by atoms with E-state index in [2.05, 4.69) is 59.2 Å². The van der Waals surface area contributed by atoms with E-state index in [-0.39, 0.29) is 12.5 Å². The first-order valence-corrected chi connectivity index (χ1v) is 7.80. The second-order valence-corrected chi connectivity index (χ2v) is 5.65. The predicted octanol–water partition coefficient (Wildman–Crippen LogP) is 2.59. The van der Waals surface area contributed by atoms with Gasteiger partial charge in [0, 0.05) is 13.1 Å². The van der Waals surface area contributed by atoms with Crippen molar-refractivity contribution in [3.05, 3.63) is 59.7 Å². The third-order valence-corrected chi connectivity index (χ3v) is 4.19. The topological polar surface area (TPSA) is 42.5 Å². The molecule has 22 heavy (non-hydrogen) atoms. The van der Waals surface area contributed by atoms with Crippen LogP contribution in [-0.4, -0.2) is 26.3 Å². The van der Waals surface area contributed by atoms with Gasteiger partial charge in [0.15, 0.2) is 0 Å². The first-order chi connectivity index (χ1) is 10.9. The summed E-state index contributed by atoms with van der Waals surface area (Å²) in [5, 5.41) is 6.66. The van der Waals surface area contributed by atoms with Gasteiger partial charge in [-0.3, -0.25) is 10.6 Å². The van der Waals surface area contributed by atoms with E-state index >= 15 is 0 Å². The van der Waals surface area contributed by atoms with Crippen LogP contribution in [0, 0.1) is 0 Å². The molecule has 2 N–H and O–H groups in total. The highest BCUT2D eigenvalue weighted by molar-refractivity contribution is 5.64. The smallest absolute Gasteiger partial charge is 0.134 e. The van der Waals surface area contributed by atoms with Gasteiger partial charge in [-0.25, -0.2) is 0 Å². The SMILES string of the molecule is c1cc(C2NCCO2)ccc1-c1ccc(C2NCCO2)cc1. The molecule has 2 aliphatic heterocycles. The Labute approximate surface area is 130 Å². The van der Waals surface area contributed by atoms with Crippen LogP contribution in [-0.2, 0) is 9.47 Å². The highest BCUT2D eigenvalue weighted by atomic mass is 16.5. The Hall–Kier alpha value is -1.72. The third-order valence-electron chi connectivity index (χ3n) is 4.19. The number of hydrogen-bond donors (Lipinski definition) is 2. The van der Waals surface area contributed by atoms with Crippen molar-refractivity contribution < 1.29 is 9.47 Å². The van der Waals surface area contributed by atoms with Crippen LogP contribution < -0.4 is 10.6 Å². The second-order valence-electron chi connectivity index (χ2n) is 5.65.